The number of nitrogens with one attached hydrogen (secondary N) is 1. The van der Waals surface area contributed by atoms with Gasteiger partial charge >= 0.3 is 0 Å². The number of hydrogen-bond acceptors (Lipinski definition) is 4. The van der Waals surface area contributed by atoms with Crippen LogP contribution in [0.3, 0.4) is 0 Å². The normalized spacial score (nSPS) is 10.4. The maximum atomic E-state index is 5.65. The van der Waals surface area contributed by atoms with Gasteiger partial charge in [-0.1, -0.05) is 0 Å². The van der Waals surface area contributed by atoms with Crippen molar-refractivity contribution in [3.63, 3.8) is 0 Å². The van der Waals surface area contributed by atoms with Gasteiger partial charge in [-0.3, -0.25) is 5.10 Å². The summed E-state index contributed by atoms with van der Waals surface area (Å²) in [4.78, 5) is 4.28. The molecule has 62 valence electrons. The number of aromatic nitrogens is 3. The van der Waals surface area contributed by atoms with Crippen LogP contribution in [0.2, 0.25) is 0 Å². The minimum Gasteiger partial charge on any atom is -0.396 e. The van der Waals surface area contributed by atoms with Crippen LogP contribution in [0.15, 0.2) is 11.6 Å². The van der Waals surface area contributed by atoms with Crippen molar-refractivity contribution in [1.29, 1.82) is 0 Å². The van der Waals surface area contributed by atoms with Crippen LogP contribution >= 0.6 is 11.3 Å². The van der Waals surface area contributed by atoms with Crippen molar-refractivity contribution in [2.75, 3.05) is 5.73 Å². The second kappa shape index (κ2) is 2.60. The van der Waals surface area contributed by atoms with Crippen molar-refractivity contribution in [1.82, 2.24) is 15.2 Å². The third-order valence-electron chi connectivity index (χ3n) is 1.54. The van der Waals surface area contributed by atoms with Crippen molar-refractivity contribution in [2.45, 2.75) is 6.92 Å². The van der Waals surface area contributed by atoms with Gasteiger partial charge in [0.1, 0.15) is 11.4 Å². The molecule has 0 atom stereocenters. The Morgan fingerprint density at radius 2 is 2.42 bits per heavy atom. The van der Waals surface area contributed by atoms with Crippen LogP contribution in [0.4, 0.5) is 5.69 Å². The minimum atomic E-state index is 0.639. The van der Waals surface area contributed by atoms with Crippen LogP contribution in [-0.2, 0) is 0 Å². The molecule has 2 rings (SSSR count). The zero-order valence-electron chi connectivity index (χ0n) is 6.53. The molecule has 3 N–H and O–H groups in total. The summed E-state index contributed by atoms with van der Waals surface area (Å²) < 4.78 is 0. The highest BCUT2D eigenvalue weighted by Gasteiger charge is 2.06. The zero-order valence-corrected chi connectivity index (χ0v) is 7.35. The van der Waals surface area contributed by atoms with Crippen LogP contribution < -0.4 is 5.73 Å². The Balaban J connectivity index is 2.50. The van der Waals surface area contributed by atoms with Gasteiger partial charge in [0.2, 0.25) is 0 Å². The highest BCUT2D eigenvalue weighted by atomic mass is 32.1. The monoisotopic (exact) mass is 180 g/mol. The lowest BCUT2D eigenvalue weighted by molar-refractivity contribution is 1.09. The summed E-state index contributed by atoms with van der Waals surface area (Å²) >= 11 is 1.60. The highest BCUT2D eigenvalue weighted by molar-refractivity contribution is 7.09. The minimum absolute atomic E-state index is 0.639. The standard InChI is InChI=1S/C7H8N4S/c1-4-10-6(3-12-4)7-5(8)2-9-11-7/h2-3H,8H2,1H3,(H,9,11). The van der Waals surface area contributed by atoms with Gasteiger partial charge in [0.05, 0.1) is 16.9 Å². The first-order valence-corrected chi connectivity index (χ1v) is 4.36. The Morgan fingerprint density at radius 3 is 2.92 bits per heavy atom. The van der Waals surface area contributed by atoms with E-state index in [1.807, 2.05) is 12.3 Å². The van der Waals surface area contributed by atoms with Gasteiger partial charge in [0, 0.05) is 5.38 Å². The van der Waals surface area contributed by atoms with Crippen molar-refractivity contribution in [3.8, 4) is 11.4 Å². The molecular formula is C7H8N4S. The van der Waals surface area contributed by atoms with E-state index in [4.69, 9.17) is 5.73 Å². The number of aryl methyl sites for hydroxylation is 1. The van der Waals surface area contributed by atoms with Crippen molar-refractivity contribution in [3.05, 3.63) is 16.6 Å². The van der Waals surface area contributed by atoms with Crippen molar-refractivity contribution >= 4 is 17.0 Å². The lowest BCUT2D eigenvalue weighted by atomic mass is 10.3. The summed E-state index contributed by atoms with van der Waals surface area (Å²) in [5.41, 5.74) is 7.96. The first kappa shape index (κ1) is 7.30. The molecule has 0 aliphatic rings. The van der Waals surface area contributed by atoms with Crippen LogP contribution in [0.25, 0.3) is 11.4 Å². The summed E-state index contributed by atoms with van der Waals surface area (Å²) in [5.74, 6) is 0. The van der Waals surface area contributed by atoms with Gasteiger partial charge in [-0.05, 0) is 6.92 Å². The molecule has 0 radical (unpaired) electrons. The van der Waals surface area contributed by atoms with Gasteiger partial charge in [-0.2, -0.15) is 5.10 Å². The molecule has 0 spiro atoms. The molecule has 12 heavy (non-hydrogen) atoms. The summed E-state index contributed by atoms with van der Waals surface area (Å²) in [5, 5.41) is 9.61. The van der Waals surface area contributed by atoms with E-state index in [2.05, 4.69) is 15.2 Å². The molecular weight excluding hydrogens is 172 g/mol. The fraction of sp³-hybridized carbons (Fsp3) is 0.143. The molecule has 0 fully saturated rings. The molecule has 2 aromatic heterocycles. The highest BCUT2D eigenvalue weighted by Crippen LogP contribution is 2.23. The first-order chi connectivity index (χ1) is 5.77. The van der Waals surface area contributed by atoms with E-state index < -0.39 is 0 Å². The first-order valence-electron chi connectivity index (χ1n) is 3.48. The Labute approximate surface area is 73.5 Å². The third-order valence-corrected chi connectivity index (χ3v) is 2.32. The van der Waals surface area contributed by atoms with Crippen molar-refractivity contribution in [2.24, 2.45) is 0 Å². The lowest BCUT2D eigenvalue weighted by Crippen LogP contribution is -1.86. The fourth-order valence-corrected chi connectivity index (χ4v) is 1.58. The van der Waals surface area contributed by atoms with Crippen LogP contribution in [0, 0.1) is 6.92 Å². The summed E-state index contributed by atoms with van der Waals surface area (Å²) in [6, 6.07) is 0. The number of H-pyrrole nitrogens is 1. The topological polar surface area (TPSA) is 67.6 Å². The predicted octanol–water partition coefficient (Wildman–Crippen LogP) is 1.42. The van der Waals surface area contributed by atoms with E-state index in [9.17, 15) is 0 Å². The third kappa shape index (κ3) is 1.08. The lowest BCUT2D eigenvalue weighted by Gasteiger charge is -1.90. The number of anilines is 1. The molecule has 2 heterocycles. The van der Waals surface area contributed by atoms with Gasteiger partial charge in [-0.15, -0.1) is 11.3 Å². The van der Waals surface area contributed by atoms with Gasteiger partial charge in [-0.25, -0.2) is 4.98 Å². The molecule has 0 aliphatic carbocycles. The predicted molar refractivity (Wildman–Crippen MR) is 48.8 cm³/mol. The number of rotatable bonds is 1. The Hall–Kier alpha value is -1.36. The number of nitrogen functional groups attached to an aromatic ring is 1. The molecule has 0 aliphatic heterocycles. The number of nitrogens with zero attached hydrogens (tertiary/aromatic N) is 2. The van der Waals surface area contributed by atoms with Gasteiger partial charge in [0.25, 0.3) is 0 Å². The molecule has 2 aromatic rings. The molecule has 4 nitrogen and oxygen atoms in total. The molecule has 0 bridgehead atoms. The van der Waals surface area contributed by atoms with E-state index in [0.29, 0.717) is 5.69 Å². The van der Waals surface area contributed by atoms with E-state index in [1.165, 1.54) is 0 Å². The summed E-state index contributed by atoms with van der Waals surface area (Å²) in [6.45, 7) is 1.96. The molecule has 0 amide bonds. The van der Waals surface area contributed by atoms with Gasteiger partial charge in [0.15, 0.2) is 0 Å². The molecule has 0 unspecified atom stereocenters. The zero-order chi connectivity index (χ0) is 8.55. The quantitative estimate of drug-likeness (QED) is 0.697. The van der Waals surface area contributed by atoms with Crippen molar-refractivity contribution < 1.29 is 0 Å². The number of thiazole rings is 1. The number of nitrogens with two attached hydrogens (primary N) is 1. The average molecular weight is 180 g/mol. The summed E-state index contributed by atoms with van der Waals surface area (Å²) in [6.07, 6.45) is 1.59. The SMILES string of the molecule is Cc1nc(-c2[nH]ncc2N)cs1. The Kier molecular flexibility index (Phi) is 1.58. The van der Waals surface area contributed by atoms with Crippen LogP contribution in [0.1, 0.15) is 5.01 Å². The molecule has 0 aromatic carbocycles. The van der Waals surface area contributed by atoms with E-state index in [-0.39, 0.29) is 0 Å². The average Bonchev–Trinajstić information content (AvgIpc) is 2.58. The fourth-order valence-electron chi connectivity index (χ4n) is 0.979. The van der Waals surface area contributed by atoms with E-state index >= 15 is 0 Å². The maximum absolute atomic E-state index is 5.65. The van der Waals surface area contributed by atoms with E-state index in [0.717, 1.165) is 16.4 Å². The smallest absolute Gasteiger partial charge is 0.107 e. The molecule has 0 saturated heterocycles. The second-order valence-electron chi connectivity index (χ2n) is 2.45. The Bertz CT molecular complexity index is 390. The largest absolute Gasteiger partial charge is 0.396 e. The van der Waals surface area contributed by atoms with Gasteiger partial charge < -0.3 is 5.73 Å². The second-order valence-corrected chi connectivity index (χ2v) is 3.51. The molecule has 0 saturated carbocycles. The van der Waals surface area contributed by atoms with Crippen LogP contribution in [-0.4, -0.2) is 15.2 Å². The Morgan fingerprint density at radius 1 is 1.58 bits per heavy atom. The van der Waals surface area contributed by atoms with E-state index in [1.54, 1.807) is 17.5 Å². The number of hydrogen-bond donors (Lipinski definition) is 2. The number of aromatic amines is 1. The maximum Gasteiger partial charge on any atom is 0.107 e. The summed E-state index contributed by atoms with van der Waals surface area (Å²) in [7, 11) is 0. The van der Waals surface area contributed by atoms with Crippen LogP contribution in [0.5, 0.6) is 0 Å². The molecule has 5 heteroatoms.